The van der Waals surface area contributed by atoms with Crippen molar-refractivity contribution in [2.45, 2.75) is 38.0 Å². The molecule has 116 valence electrons. The van der Waals surface area contributed by atoms with Crippen molar-refractivity contribution in [3.05, 3.63) is 29.3 Å². The second kappa shape index (κ2) is 6.36. The highest BCUT2D eigenvalue weighted by Crippen LogP contribution is 2.30. The largest absolute Gasteiger partial charge is 0.352 e. The summed E-state index contributed by atoms with van der Waals surface area (Å²) in [6.07, 6.45) is 3.55. The van der Waals surface area contributed by atoms with Crippen LogP contribution in [0.25, 0.3) is 0 Å². The van der Waals surface area contributed by atoms with Gasteiger partial charge in [0, 0.05) is 22.8 Å². The number of nitrogens with one attached hydrogen (secondary N) is 1. The van der Waals surface area contributed by atoms with Crippen LogP contribution in [-0.2, 0) is 9.05 Å². The maximum Gasteiger partial charge on any atom is 0.261 e. The average Bonchev–Trinajstić information content (AvgIpc) is 2.79. The van der Waals surface area contributed by atoms with Crippen LogP contribution >= 0.6 is 10.7 Å². The molecular formula is C15H20ClNO3S. The van der Waals surface area contributed by atoms with E-state index in [1.54, 1.807) is 13.0 Å². The van der Waals surface area contributed by atoms with Crippen LogP contribution in [0.15, 0.2) is 23.1 Å². The summed E-state index contributed by atoms with van der Waals surface area (Å²) < 4.78 is 22.8. The molecule has 0 aliphatic heterocycles. The van der Waals surface area contributed by atoms with E-state index in [1.807, 2.05) is 0 Å². The number of halogens is 1. The van der Waals surface area contributed by atoms with Crippen LogP contribution < -0.4 is 5.32 Å². The minimum absolute atomic E-state index is 0.0384. The van der Waals surface area contributed by atoms with Crippen molar-refractivity contribution in [1.82, 2.24) is 5.32 Å². The Morgan fingerprint density at radius 1 is 1.33 bits per heavy atom. The van der Waals surface area contributed by atoms with Crippen molar-refractivity contribution in [3.8, 4) is 0 Å². The van der Waals surface area contributed by atoms with E-state index in [0.29, 0.717) is 29.5 Å². The molecule has 4 nitrogen and oxygen atoms in total. The molecule has 0 aromatic heterocycles. The van der Waals surface area contributed by atoms with Crippen molar-refractivity contribution in [2.24, 2.45) is 11.8 Å². The molecule has 1 aliphatic rings. The van der Waals surface area contributed by atoms with Crippen LogP contribution in [0.4, 0.5) is 0 Å². The van der Waals surface area contributed by atoms with Gasteiger partial charge in [0.2, 0.25) is 0 Å². The van der Waals surface area contributed by atoms with Gasteiger partial charge in [0.05, 0.1) is 4.90 Å². The van der Waals surface area contributed by atoms with Gasteiger partial charge in [-0.15, -0.1) is 0 Å². The third-order valence-electron chi connectivity index (χ3n) is 4.16. The van der Waals surface area contributed by atoms with Crippen LogP contribution in [0, 0.1) is 18.8 Å². The number of benzene rings is 1. The van der Waals surface area contributed by atoms with Gasteiger partial charge in [0.15, 0.2) is 0 Å². The van der Waals surface area contributed by atoms with Crippen molar-refractivity contribution < 1.29 is 13.2 Å². The predicted molar refractivity (Wildman–Crippen MR) is 83.1 cm³/mol. The Balaban J connectivity index is 2.10. The van der Waals surface area contributed by atoms with Crippen LogP contribution in [0.5, 0.6) is 0 Å². The van der Waals surface area contributed by atoms with Gasteiger partial charge in [-0.3, -0.25) is 4.79 Å². The molecule has 2 rings (SSSR count). The molecule has 1 aromatic carbocycles. The minimum atomic E-state index is -3.83. The first kappa shape index (κ1) is 16.3. The molecule has 1 aromatic rings. The normalized spacial score (nSPS) is 22.2. The number of carbonyl (C=O) groups is 1. The van der Waals surface area contributed by atoms with E-state index in [-0.39, 0.29) is 10.8 Å². The number of aryl methyl sites for hydroxylation is 1. The summed E-state index contributed by atoms with van der Waals surface area (Å²) in [5.41, 5.74) is 1.02. The summed E-state index contributed by atoms with van der Waals surface area (Å²) in [7, 11) is 1.52. The highest BCUT2D eigenvalue weighted by molar-refractivity contribution is 8.13. The molecule has 1 N–H and O–H groups in total. The van der Waals surface area contributed by atoms with Gasteiger partial charge in [0.1, 0.15) is 0 Å². The molecule has 1 aliphatic carbocycles. The molecule has 0 heterocycles. The number of amides is 1. The second-order valence-electron chi connectivity index (χ2n) is 5.85. The topological polar surface area (TPSA) is 63.2 Å². The Hall–Kier alpha value is -1.07. The highest BCUT2D eigenvalue weighted by Gasteiger charge is 2.24. The fourth-order valence-electron chi connectivity index (χ4n) is 2.87. The number of carbonyl (C=O) groups excluding carboxylic acids is 1. The molecule has 0 spiro atoms. The highest BCUT2D eigenvalue weighted by atomic mass is 35.7. The summed E-state index contributed by atoms with van der Waals surface area (Å²) in [6, 6.07) is 4.44. The Labute approximate surface area is 130 Å². The van der Waals surface area contributed by atoms with Crippen LogP contribution in [0.3, 0.4) is 0 Å². The van der Waals surface area contributed by atoms with Crippen molar-refractivity contribution >= 4 is 25.6 Å². The molecule has 1 amide bonds. The van der Waals surface area contributed by atoms with Crippen LogP contribution in [0.2, 0.25) is 0 Å². The maximum absolute atomic E-state index is 12.2. The molecule has 2 unspecified atom stereocenters. The maximum atomic E-state index is 12.2. The summed E-state index contributed by atoms with van der Waals surface area (Å²) in [4.78, 5) is 12.2. The molecule has 0 radical (unpaired) electrons. The second-order valence-corrected chi connectivity index (χ2v) is 8.42. The third kappa shape index (κ3) is 4.20. The van der Waals surface area contributed by atoms with Crippen molar-refractivity contribution in [1.29, 1.82) is 0 Å². The Kier molecular flexibility index (Phi) is 4.94. The molecular weight excluding hydrogens is 310 g/mol. The van der Waals surface area contributed by atoms with Gasteiger partial charge in [-0.2, -0.15) is 0 Å². The molecule has 2 atom stereocenters. The van der Waals surface area contributed by atoms with Gasteiger partial charge in [-0.05, 0) is 48.9 Å². The number of hydrogen-bond acceptors (Lipinski definition) is 3. The first-order valence-corrected chi connectivity index (χ1v) is 9.43. The van der Waals surface area contributed by atoms with Crippen LogP contribution in [0.1, 0.15) is 42.1 Å². The van der Waals surface area contributed by atoms with Crippen LogP contribution in [-0.4, -0.2) is 20.9 Å². The zero-order valence-corrected chi connectivity index (χ0v) is 13.8. The summed E-state index contributed by atoms with van der Waals surface area (Å²) >= 11 is 0. The van der Waals surface area contributed by atoms with Gasteiger partial charge in [-0.1, -0.05) is 19.8 Å². The average molecular weight is 330 g/mol. The predicted octanol–water partition coefficient (Wildman–Crippen LogP) is 3.09. The molecule has 1 saturated carbocycles. The lowest BCUT2D eigenvalue weighted by Crippen LogP contribution is -2.30. The molecule has 1 fully saturated rings. The Morgan fingerprint density at radius 3 is 2.62 bits per heavy atom. The lowest BCUT2D eigenvalue weighted by Gasteiger charge is -2.16. The number of hydrogen-bond donors (Lipinski definition) is 1. The molecule has 6 heteroatoms. The van der Waals surface area contributed by atoms with Gasteiger partial charge >= 0.3 is 0 Å². The standard InChI is InChI=1S/C15H20ClNO3S/c1-10-6-13(8-14(7-10)21(16,19)20)15(18)17-9-12-5-3-4-11(12)2/h6-8,11-12H,3-5,9H2,1-2H3,(H,17,18). The van der Waals surface area contributed by atoms with Crippen molar-refractivity contribution in [2.75, 3.05) is 6.54 Å². The monoisotopic (exact) mass is 329 g/mol. The zero-order valence-electron chi connectivity index (χ0n) is 12.2. The van der Waals surface area contributed by atoms with E-state index in [1.165, 1.54) is 25.0 Å². The summed E-state index contributed by atoms with van der Waals surface area (Å²) in [5.74, 6) is 0.885. The fourth-order valence-corrected chi connectivity index (χ4v) is 3.73. The summed E-state index contributed by atoms with van der Waals surface area (Å²) in [5, 5.41) is 2.90. The van der Waals surface area contributed by atoms with Gasteiger partial charge in [0.25, 0.3) is 15.0 Å². The van der Waals surface area contributed by atoms with E-state index in [0.717, 1.165) is 6.42 Å². The van der Waals surface area contributed by atoms with Gasteiger partial charge < -0.3 is 5.32 Å². The first-order valence-electron chi connectivity index (χ1n) is 7.12. The first-order chi connectivity index (χ1) is 9.77. The quantitative estimate of drug-likeness (QED) is 0.863. The fraction of sp³-hybridized carbons (Fsp3) is 0.533. The van der Waals surface area contributed by atoms with E-state index in [2.05, 4.69) is 12.2 Å². The van der Waals surface area contributed by atoms with Crippen molar-refractivity contribution in [3.63, 3.8) is 0 Å². The lowest BCUT2D eigenvalue weighted by molar-refractivity contribution is 0.0944. The van der Waals surface area contributed by atoms with E-state index in [4.69, 9.17) is 10.7 Å². The summed E-state index contributed by atoms with van der Waals surface area (Å²) in [6.45, 7) is 4.58. The van der Waals surface area contributed by atoms with Gasteiger partial charge in [-0.25, -0.2) is 8.42 Å². The van der Waals surface area contributed by atoms with E-state index < -0.39 is 9.05 Å². The molecule has 0 saturated heterocycles. The molecule has 21 heavy (non-hydrogen) atoms. The van der Waals surface area contributed by atoms with E-state index in [9.17, 15) is 13.2 Å². The minimum Gasteiger partial charge on any atom is -0.352 e. The third-order valence-corrected chi connectivity index (χ3v) is 5.49. The lowest BCUT2D eigenvalue weighted by atomic mass is 9.98. The van der Waals surface area contributed by atoms with E-state index >= 15 is 0 Å². The number of rotatable bonds is 4. The Morgan fingerprint density at radius 2 is 2.05 bits per heavy atom. The Bertz CT molecular complexity index is 642. The SMILES string of the molecule is Cc1cc(C(=O)NCC2CCCC2C)cc(S(=O)(=O)Cl)c1. The molecule has 0 bridgehead atoms. The zero-order chi connectivity index (χ0) is 15.6. The smallest absolute Gasteiger partial charge is 0.261 e.